The largest absolute Gasteiger partial charge is 0.497 e. The normalized spacial score (nSPS) is 25.9. The lowest BCUT2D eigenvalue weighted by molar-refractivity contribution is 0.118. The van der Waals surface area contributed by atoms with E-state index in [9.17, 15) is 8.78 Å². The van der Waals surface area contributed by atoms with E-state index >= 15 is 0 Å². The third-order valence-corrected chi connectivity index (χ3v) is 5.74. The Labute approximate surface area is 153 Å². The minimum Gasteiger partial charge on any atom is -0.497 e. The second-order valence-electron chi connectivity index (χ2n) is 7.23. The monoisotopic (exact) mass is 358 g/mol. The third kappa shape index (κ3) is 3.33. The molecule has 2 aliphatic rings. The zero-order valence-electron chi connectivity index (χ0n) is 14.9. The molecule has 2 fully saturated rings. The van der Waals surface area contributed by atoms with Crippen molar-refractivity contribution in [1.82, 2.24) is 10.2 Å². The lowest BCUT2D eigenvalue weighted by Crippen LogP contribution is -2.49. The van der Waals surface area contributed by atoms with E-state index in [-0.39, 0.29) is 11.6 Å². The van der Waals surface area contributed by atoms with E-state index in [1.165, 1.54) is 18.2 Å². The molecular weight excluding hydrogens is 334 g/mol. The summed E-state index contributed by atoms with van der Waals surface area (Å²) in [6.45, 7) is 2.41. The molecule has 2 aromatic rings. The smallest absolute Gasteiger partial charge is 0.131 e. The Morgan fingerprint density at radius 1 is 1.15 bits per heavy atom. The molecule has 5 heteroatoms. The van der Waals surface area contributed by atoms with Crippen LogP contribution in [-0.4, -0.2) is 37.2 Å². The molecule has 0 unspecified atom stereocenters. The first-order valence-corrected chi connectivity index (χ1v) is 9.21. The van der Waals surface area contributed by atoms with Crippen LogP contribution in [0.5, 0.6) is 5.75 Å². The van der Waals surface area contributed by atoms with Gasteiger partial charge in [-0.25, -0.2) is 8.78 Å². The van der Waals surface area contributed by atoms with Gasteiger partial charge in [-0.2, -0.15) is 0 Å². The van der Waals surface area contributed by atoms with Gasteiger partial charge in [0.25, 0.3) is 0 Å². The number of piperidine rings is 1. The number of nitrogens with one attached hydrogen (secondary N) is 1. The molecule has 2 heterocycles. The van der Waals surface area contributed by atoms with Gasteiger partial charge >= 0.3 is 0 Å². The van der Waals surface area contributed by atoms with E-state index in [2.05, 4.69) is 10.2 Å². The Bertz CT molecular complexity index is 765. The van der Waals surface area contributed by atoms with Gasteiger partial charge in [-0.3, -0.25) is 4.90 Å². The summed E-state index contributed by atoms with van der Waals surface area (Å²) in [5.41, 5.74) is 1.84. The summed E-state index contributed by atoms with van der Waals surface area (Å²) in [5, 5.41) is 3.62. The molecule has 2 aromatic carbocycles. The first-order valence-electron chi connectivity index (χ1n) is 9.21. The molecule has 0 radical (unpaired) electrons. The Morgan fingerprint density at radius 2 is 1.96 bits per heavy atom. The molecule has 2 aliphatic heterocycles. The number of rotatable bonds is 4. The van der Waals surface area contributed by atoms with Gasteiger partial charge in [-0.15, -0.1) is 0 Å². The standard InChI is InChI=1S/C21H24F2N2O/c1-26-17-9-6-15(19(23)11-17)13-25-10-2-3-20-21(25)18(12-24-20)14-4-7-16(22)8-5-14/h4-9,11,18,20-21,24H,2-3,10,12-13H2,1H3/t18-,20-,21-/m1/s1. The fraction of sp³-hybridized carbons (Fsp3) is 0.429. The van der Waals surface area contributed by atoms with E-state index in [1.807, 2.05) is 24.3 Å². The molecule has 26 heavy (non-hydrogen) atoms. The van der Waals surface area contributed by atoms with Gasteiger partial charge in [0.15, 0.2) is 0 Å². The quantitative estimate of drug-likeness (QED) is 0.902. The van der Waals surface area contributed by atoms with Crippen LogP contribution in [0.15, 0.2) is 42.5 Å². The molecule has 138 valence electrons. The molecular formula is C21H24F2N2O. The highest BCUT2D eigenvalue weighted by molar-refractivity contribution is 5.30. The van der Waals surface area contributed by atoms with Crippen molar-refractivity contribution in [2.75, 3.05) is 20.2 Å². The van der Waals surface area contributed by atoms with Crippen molar-refractivity contribution < 1.29 is 13.5 Å². The van der Waals surface area contributed by atoms with E-state index < -0.39 is 0 Å². The van der Waals surface area contributed by atoms with E-state index in [0.717, 1.165) is 31.5 Å². The third-order valence-electron chi connectivity index (χ3n) is 5.74. The Kier molecular flexibility index (Phi) is 4.92. The van der Waals surface area contributed by atoms with Crippen LogP contribution in [0.4, 0.5) is 8.78 Å². The molecule has 0 saturated carbocycles. The summed E-state index contributed by atoms with van der Waals surface area (Å²) >= 11 is 0. The molecule has 0 aromatic heterocycles. The number of methoxy groups -OCH3 is 1. The highest BCUT2D eigenvalue weighted by atomic mass is 19.1. The summed E-state index contributed by atoms with van der Waals surface area (Å²) < 4.78 is 32.8. The molecule has 0 amide bonds. The minimum atomic E-state index is -0.226. The van der Waals surface area contributed by atoms with Crippen LogP contribution in [0.2, 0.25) is 0 Å². The van der Waals surface area contributed by atoms with Crippen LogP contribution in [0.25, 0.3) is 0 Å². The first-order chi connectivity index (χ1) is 12.7. The van der Waals surface area contributed by atoms with Gasteiger partial charge in [-0.05, 0) is 43.1 Å². The summed E-state index contributed by atoms with van der Waals surface area (Å²) in [6.07, 6.45) is 2.23. The zero-order valence-corrected chi connectivity index (χ0v) is 14.9. The predicted molar refractivity (Wildman–Crippen MR) is 97.3 cm³/mol. The number of nitrogens with zero attached hydrogens (tertiary/aromatic N) is 1. The lowest BCUT2D eigenvalue weighted by Gasteiger charge is -2.40. The topological polar surface area (TPSA) is 24.5 Å². The van der Waals surface area contributed by atoms with E-state index in [0.29, 0.717) is 35.9 Å². The molecule has 0 spiro atoms. The Morgan fingerprint density at radius 3 is 2.69 bits per heavy atom. The Hall–Kier alpha value is -1.98. The summed E-state index contributed by atoms with van der Waals surface area (Å²) in [4.78, 5) is 2.38. The fourth-order valence-corrected chi connectivity index (χ4v) is 4.46. The number of fused-ring (bicyclic) bond motifs is 1. The average molecular weight is 358 g/mol. The minimum absolute atomic E-state index is 0.211. The molecule has 3 atom stereocenters. The number of hydrogen-bond acceptors (Lipinski definition) is 3. The maximum Gasteiger partial charge on any atom is 0.131 e. The molecule has 4 rings (SSSR count). The van der Waals surface area contributed by atoms with Gasteiger partial charge in [0, 0.05) is 42.7 Å². The number of ether oxygens (including phenoxy) is 1. The van der Waals surface area contributed by atoms with Crippen molar-refractivity contribution in [3.63, 3.8) is 0 Å². The second kappa shape index (κ2) is 7.33. The number of benzene rings is 2. The van der Waals surface area contributed by atoms with E-state index in [1.54, 1.807) is 7.11 Å². The number of hydrogen-bond donors (Lipinski definition) is 1. The first kappa shape index (κ1) is 17.4. The maximum absolute atomic E-state index is 14.4. The van der Waals surface area contributed by atoms with Crippen molar-refractivity contribution in [2.45, 2.75) is 37.4 Å². The van der Waals surface area contributed by atoms with Crippen molar-refractivity contribution in [3.05, 3.63) is 65.2 Å². The highest BCUT2D eigenvalue weighted by Gasteiger charge is 2.42. The molecule has 1 N–H and O–H groups in total. The van der Waals surface area contributed by atoms with Gasteiger partial charge < -0.3 is 10.1 Å². The highest BCUT2D eigenvalue weighted by Crippen LogP contribution is 2.36. The summed E-state index contributed by atoms with van der Waals surface area (Å²) in [7, 11) is 1.54. The Balaban J connectivity index is 1.58. The van der Waals surface area contributed by atoms with Gasteiger partial charge in [0.05, 0.1) is 7.11 Å². The van der Waals surface area contributed by atoms with Gasteiger partial charge in [-0.1, -0.05) is 18.2 Å². The van der Waals surface area contributed by atoms with Crippen LogP contribution in [0.1, 0.15) is 29.9 Å². The lowest BCUT2D eigenvalue weighted by atomic mass is 9.86. The van der Waals surface area contributed by atoms with Crippen LogP contribution < -0.4 is 10.1 Å². The molecule has 2 saturated heterocycles. The molecule has 0 aliphatic carbocycles. The van der Waals surface area contributed by atoms with Gasteiger partial charge in [0.2, 0.25) is 0 Å². The zero-order chi connectivity index (χ0) is 18.1. The van der Waals surface area contributed by atoms with E-state index in [4.69, 9.17) is 4.74 Å². The van der Waals surface area contributed by atoms with Gasteiger partial charge in [0.1, 0.15) is 17.4 Å². The SMILES string of the molecule is COc1ccc(CN2CCC[C@H]3NC[C@H](c4ccc(F)cc4)[C@H]32)c(F)c1. The van der Waals surface area contributed by atoms with Crippen molar-refractivity contribution >= 4 is 0 Å². The fourth-order valence-electron chi connectivity index (χ4n) is 4.46. The van der Waals surface area contributed by atoms with Crippen molar-refractivity contribution in [1.29, 1.82) is 0 Å². The maximum atomic E-state index is 14.4. The number of halogens is 2. The van der Waals surface area contributed by atoms with Crippen LogP contribution in [-0.2, 0) is 6.54 Å². The van der Waals surface area contributed by atoms with Crippen LogP contribution in [0.3, 0.4) is 0 Å². The predicted octanol–water partition coefficient (Wildman–Crippen LogP) is 3.69. The van der Waals surface area contributed by atoms with Crippen LogP contribution >= 0.6 is 0 Å². The summed E-state index contributed by atoms with van der Waals surface area (Å²) in [6, 6.07) is 12.6. The average Bonchev–Trinajstić information content (AvgIpc) is 3.09. The molecule has 3 nitrogen and oxygen atoms in total. The van der Waals surface area contributed by atoms with Crippen LogP contribution in [0, 0.1) is 11.6 Å². The molecule has 0 bridgehead atoms. The van der Waals surface area contributed by atoms with Crippen molar-refractivity contribution in [3.8, 4) is 5.75 Å². The number of likely N-dealkylation sites (tertiary alicyclic amines) is 1. The summed E-state index contributed by atoms with van der Waals surface area (Å²) in [5.74, 6) is 0.393. The second-order valence-corrected chi connectivity index (χ2v) is 7.23. The van der Waals surface area contributed by atoms with Crippen molar-refractivity contribution in [2.24, 2.45) is 0 Å².